The summed E-state index contributed by atoms with van der Waals surface area (Å²) >= 11 is 6.02. The van der Waals surface area contributed by atoms with E-state index in [-0.39, 0.29) is 53.2 Å². The number of phenolic OH excluding ortho intramolecular Hbond substituents is 1. The Morgan fingerprint density at radius 1 is 1.05 bits per heavy atom. The maximum Gasteiger partial charge on any atom is 0.260 e. The van der Waals surface area contributed by atoms with Gasteiger partial charge in [0.25, 0.3) is 11.8 Å². The molecule has 1 aromatic heterocycles. The topological polar surface area (TPSA) is 150 Å². The number of nitrogens with two attached hydrogens (primary N) is 1. The molecule has 0 unspecified atom stereocenters. The molecule has 0 saturated carbocycles. The molecular formula is C29H25Cl2N5O4. The van der Waals surface area contributed by atoms with Gasteiger partial charge in [-0.1, -0.05) is 35.9 Å². The first kappa shape index (κ1) is 29.9. The first-order chi connectivity index (χ1) is 18.9. The van der Waals surface area contributed by atoms with Gasteiger partial charge in [0, 0.05) is 34.8 Å². The molecule has 0 saturated heterocycles. The van der Waals surface area contributed by atoms with E-state index in [1.165, 1.54) is 13.2 Å². The molecule has 0 bridgehead atoms. The minimum Gasteiger partial charge on any atom is -0.507 e. The summed E-state index contributed by atoms with van der Waals surface area (Å²) in [4.78, 5) is 30.3. The predicted octanol–water partition coefficient (Wildman–Crippen LogP) is 5.02. The highest BCUT2D eigenvalue weighted by molar-refractivity contribution is 6.30. The summed E-state index contributed by atoms with van der Waals surface area (Å²) in [5.74, 6) is -0.697. The Morgan fingerprint density at radius 2 is 1.82 bits per heavy atom. The molecule has 9 nitrogen and oxygen atoms in total. The van der Waals surface area contributed by atoms with Crippen molar-refractivity contribution >= 4 is 41.6 Å². The molecule has 11 heteroatoms. The van der Waals surface area contributed by atoms with Crippen LogP contribution in [0.2, 0.25) is 5.02 Å². The number of anilines is 1. The first-order valence-corrected chi connectivity index (χ1v) is 12.2. The van der Waals surface area contributed by atoms with Crippen molar-refractivity contribution < 1.29 is 19.4 Å². The van der Waals surface area contributed by atoms with Crippen molar-refractivity contribution in [1.82, 2.24) is 10.3 Å². The monoisotopic (exact) mass is 577 g/mol. The maximum atomic E-state index is 13.2. The highest BCUT2D eigenvalue weighted by Crippen LogP contribution is 2.37. The molecule has 204 valence electrons. The Bertz CT molecular complexity index is 1600. The maximum absolute atomic E-state index is 13.2. The van der Waals surface area contributed by atoms with Crippen LogP contribution in [0.1, 0.15) is 26.3 Å². The van der Waals surface area contributed by atoms with Crippen molar-refractivity contribution in [2.45, 2.75) is 0 Å². The van der Waals surface area contributed by atoms with Crippen LogP contribution < -0.4 is 21.1 Å². The largest absolute Gasteiger partial charge is 0.507 e. The minimum absolute atomic E-state index is 0. The molecule has 0 aliphatic carbocycles. The van der Waals surface area contributed by atoms with E-state index in [2.05, 4.69) is 21.7 Å². The van der Waals surface area contributed by atoms with E-state index in [1.807, 2.05) is 0 Å². The number of para-hydroxylation sites is 1. The number of halogens is 2. The Hall–Kier alpha value is -4.62. The Kier molecular flexibility index (Phi) is 10.1. The Labute approximate surface area is 242 Å². The molecule has 3 aromatic carbocycles. The molecule has 0 atom stereocenters. The van der Waals surface area contributed by atoms with Crippen molar-refractivity contribution in [2.75, 3.05) is 25.5 Å². The SMILES string of the molecule is COc1ccccc1C(=O)Nc1nc(-c2ccc(Cl)cc2O)cc(-c2cccc(C(=O)NCCN)c2)c1C#N.Cl. The Morgan fingerprint density at radius 3 is 2.52 bits per heavy atom. The number of nitrogens with zero attached hydrogens (tertiary/aromatic N) is 2. The second-order valence-electron chi connectivity index (χ2n) is 8.33. The highest BCUT2D eigenvalue weighted by atomic mass is 35.5. The number of rotatable bonds is 8. The van der Waals surface area contributed by atoms with Crippen molar-refractivity contribution in [2.24, 2.45) is 5.73 Å². The van der Waals surface area contributed by atoms with Gasteiger partial charge < -0.3 is 26.2 Å². The van der Waals surface area contributed by atoms with Gasteiger partial charge in [-0.25, -0.2) is 4.98 Å². The number of hydrogen-bond acceptors (Lipinski definition) is 7. The lowest BCUT2D eigenvalue weighted by Gasteiger charge is -2.15. The number of phenols is 1. The number of aromatic nitrogens is 1. The fourth-order valence-electron chi connectivity index (χ4n) is 3.96. The summed E-state index contributed by atoms with van der Waals surface area (Å²) < 4.78 is 5.30. The van der Waals surface area contributed by atoms with Crippen LogP contribution in [0.5, 0.6) is 11.5 Å². The molecule has 0 radical (unpaired) electrons. The van der Waals surface area contributed by atoms with Crippen LogP contribution in [0.25, 0.3) is 22.4 Å². The Balaban J connectivity index is 0.00000441. The summed E-state index contributed by atoms with van der Waals surface area (Å²) in [6, 6.07) is 21.6. The van der Waals surface area contributed by atoms with E-state index >= 15 is 0 Å². The van der Waals surface area contributed by atoms with Gasteiger partial charge in [-0.05, 0) is 54.1 Å². The molecule has 0 fully saturated rings. The van der Waals surface area contributed by atoms with Crippen LogP contribution in [-0.2, 0) is 0 Å². The number of benzene rings is 3. The first-order valence-electron chi connectivity index (χ1n) is 11.8. The number of ether oxygens (including phenoxy) is 1. The fraction of sp³-hybridized carbons (Fsp3) is 0.103. The summed E-state index contributed by atoms with van der Waals surface area (Å²) in [5, 5.41) is 26.5. The molecular weight excluding hydrogens is 553 g/mol. The van der Waals surface area contributed by atoms with Gasteiger partial charge >= 0.3 is 0 Å². The molecule has 4 rings (SSSR count). The van der Waals surface area contributed by atoms with Crippen LogP contribution >= 0.6 is 24.0 Å². The van der Waals surface area contributed by atoms with E-state index in [0.29, 0.717) is 39.6 Å². The number of methoxy groups -OCH3 is 1. The molecule has 5 N–H and O–H groups in total. The number of aromatic hydroxyl groups is 1. The van der Waals surface area contributed by atoms with Gasteiger partial charge in [0.15, 0.2) is 5.82 Å². The van der Waals surface area contributed by atoms with Crippen LogP contribution in [0.15, 0.2) is 72.8 Å². The van der Waals surface area contributed by atoms with Crippen molar-refractivity contribution in [3.63, 3.8) is 0 Å². The van der Waals surface area contributed by atoms with E-state index < -0.39 is 5.91 Å². The summed E-state index contributed by atoms with van der Waals surface area (Å²) in [5.41, 5.74) is 7.67. The number of amides is 2. The normalized spacial score (nSPS) is 10.2. The predicted molar refractivity (Wildman–Crippen MR) is 156 cm³/mol. The number of hydrogen-bond donors (Lipinski definition) is 4. The third-order valence-corrected chi connectivity index (χ3v) is 6.05. The van der Waals surface area contributed by atoms with Gasteiger partial charge in [-0.15, -0.1) is 12.4 Å². The van der Waals surface area contributed by atoms with Crippen LogP contribution in [0.3, 0.4) is 0 Å². The number of carbonyl (C=O) groups excluding carboxylic acids is 2. The zero-order valence-electron chi connectivity index (χ0n) is 21.3. The van der Waals surface area contributed by atoms with Crippen molar-refractivity contribution in [3.05, 3.63) is 94.5 Å². The molecule has 40 heavy (non-hydrogen) atoms. The number of nitrogens with one attached hydrogen (secondary N) is 2. The number of carbonyl (C=O) groups is 2. The molecule has 1 heterocycles. The highest BCUT2D eigenvalue weighted by Gasteiger charge is 2.21. The van der Waals surface area contributed by atoms with Gasteiger partial charge in [0.2, 0.25) is 0 Å². The smallest absolute Gasteiger partial charge is 0.260 e. The van der Waals surface area contributed by atoms with Gasteiger partial charge in [-0.3, -0.25) is 9.59 Å². The van der Waals surface area contributed by atoms with Crippen molar-refractivity contribution in [1.29, 1.82) is 5.26 Å². The van der Waals surface area contributed by atoms with Gasteiger partial charge in [0.05, 0.1) is 18.4 Å². The van der Waals surface area contributed by atoms with Crippen LogP contribution in [0, 0.1) is 11.3 Å². The second-order valence-corrected chi connectivity index (χ2v) is 8.77. The third-order valence-electron chi connectivity index (χ3n) is 5.82. The third kappa shape index (κ3) is 6.50. The standard InChI is InChI=1S/C29H24ClN5O4.ClH/c1-39-26-8-3-2-7-21(26)29(38)35-27-23(16-32)22(15-24(34-27)20-10-9-19(30)14-25(20)36)17-5-4-6-18(13-17)28(37)33-12-11-31;/h2-10,13-15,36H,11-12,31H2,1H3,(H,33,37)(H,34,35,38);1H. The average molecular weight is 578 g/mol. The molecule has 0 aliphatic heterocycles. The van der Waals surface area contributed by atoms with Gasteiger partial charge in [-0.2, -0.15) is 5.26 Å². The molecule has 2 amide bonds. The average Bonchev–Trinajstić information content (AvgIpc) is 2.95. The molecule has 0 spiro atoms. The number of nitriles is 1. The number of pyridine rings is 1. The lowest BCUT2D eigenvalue weighted by molar-refractivity contribution is 0.0953. The van der Waals surface area contributed by atoms with E-state index in [1.54, 1.807) is 66.7 Å². The van der Waals surface area contributed by atoms with Crippen molar-refractivity contribution in [3.8, 4) is 40.0 Å². The van der Waals surface area contributed by atoms with Crippen LogP contribution in [-0.4, -0.2) is 42.1 Å². The fourth-order valence-corrected chi connectivity index (χ4v) is 4.12. The summed E-state index contributed by atoms with van der Waals surface area (Å²) in [6.45, 7) is 0.596. The lowest BCUT2D eigenvalue weighted by Crippen LogP contribution is -2.28. The van der Waals surface area contributed by atoms with Gasteiger partial charge in [0.1, 0.15) is 23.1 Å². The van der Waals surface area contributed by atoms with E-state index in [4.69, 9.17) is 22.1 Å². The lowest BCUT2D eigenvalue weighted by atomic mass is 9.96. The second kappa shape index (κ2) is 13.4. The molecule has 0 aliphatic rings. The van der Waals surface area contributed by atoms with Crippen LogP contribution in [0.4, 0.5) is 5.82 Å². The van der Waals surface area contributed by atoms with E-state index in [9.17, 15) is 20.0 Å². The zero-order valence-corrected chi connectivity index (χ0v) is 22.8. The minimum atomic E-state index is -0.546. The zero-order chi connectivity index (χ0) is 27.9. The van der Waals surface area contributed by atoms with E-state index in [0.717, 1.165) is 0 Å². The summed E-state index contributed by atoms with van der Waals surface area (Å²) in [7, 11) is 1.45. The summed E-state index contributed by atoms with van der Waals surface area (Å²) in [6.07, 6.45) is 0. The quantitative estimate of drug-likeness (QED) is 0.229. The molecule has 4 aromatic rings.